The fourth-order valence-electron chi connectivity index (χ4n) is 2.12. The molecule has 1 heterocycles. The van der Waals surface area contributed by atoms with E-state index >= 15 is 0 Å². The molecule has 1 saturated heterocycles. The van der Waals surface area contributed by atoms with Crippen molar-refractivity contribution in [2.45, 2.75) is 50.2 Å². The Labute approximate surface area is 92.3 Å². The van der Waals surface area contributed by atoms with Crippen molar-refractivity contribution in [1.82, 2.24) is 0 Å². The van der Waals surface area contributed by atoms with Gasteiger partial charge in [0.05, 0.1) is 12.9 Å². The summed E-state index contributed by atoms with van der Waals surface area (Å²) in [4.78, 5) is 0. The molecule has 0 aliphatic carbocycles. The van der Waals surface area contributed by atoms with Gasteiger partial charge in [-0.2, -0.15) is 11.8 Å². The van der Waals surface area contributed by atoms with Crippen LogP contribution in [0.4, 0.5) is 0 Å². The summed E-state index contributed by atoms with van der Waals surface area (Å²) >= 11 is 2.19. The molecule has 0 aromatic carbocycles. The minimum Gasteiger partial charge on any atom is -0.502 e. The highest BCUT2D eigenvalue weighted by atomic mass is 32.2. The van der Waals surface area contributed by atoms with E-state index < -0.39 is 0 Å². The molecule has 0 bridgehead atoms. The normalized spacial score (nSPS) is 27.2. The number of rotatable bonds is 6. The maximum Gasteiger partial charge on any atom is 0.0873 e. The molecule has 1 rings (SSSR count). The fraction of sp³-hybridized carbons (Fsp3) is 0.833. The molecule has 1 aliphatic heterocycles. The number of ether oxygens (including phenoxy) is 1. The molecule has 0 radical (unpaired) electrons. The lowest BCUT2D eigenvalue weighted by molar-refractivity contribution is 0.234. The highest BCUT2D eigenvalue weighted by Gasteiger charge is 2.30. The molecular formula is C12H22OS. The molecule has 0 aromatic heterocycles. The summed E-state index contributed by atoms with van der Waals surface area (Å²) in [6.45, 7) is 6.72. The van der Waals surface area contributed by atoms with Crippen LogP contribution in [0.15, 0.2) is 12.8 Å². The summed E-state index contributed by atoms with van der Waals surface area (Å²) in [6.07, 6.45) is 9.58. The average Bonchev–Trinajstić information content (AvgIpc) is 2.26. The van der Waals surface area contributed by atoms with E-state index in [2.05, 4.69) is 25.3 Å². The first-order valence-electron chi connectivity index (χ1n) is 5.69. The summed E-state index contributed by atoms with van der Waals surface area (Å²) in [6, 6.07) is 0. The summed E-state index contributed by atoms with van der Waals surface area (Å²) in [5.74, 6) is 1.36. The second-order valence-corrected chi connectivity index (χ2v) is 5.55. The minimum atomic E-state index is 0.572. The number of hydrogen-bond acceptors (Lipinski definition) is 2. The molecule has 0 aromatic rings. The highest BCUT2D eigenvalue weighted by Crippen LogP contribution is 2.42. The van der Waals surface area contributed by atoms with Crippen molar-refractivity contribution >= 4 is 11.8 Å². The van der Waals surface area contributed by atoms with Crippen molar-refractivity contribution in [2.24, 2.45) is 0 Å². The Balaban J connectivity index is 2.25. The van der Waals surface area contributed by atoms with Gasteiger partial charge in [0.15, 0.2) is 0 Å². The number of hydrogen-bond donors (Lipinski definition) is 0. The average molecular weight is 214 g/mol. The van der Waals surface area contributed by atoms with Crippen LogP contribution in [-0.4, -0.2) is 17.1 Å². The monoisotopic (exact) mass is 214 g/mol. The third-order valence-corrected chi connectivity index (χ3v) is 4.89. The van der Waals surface area contributed by atoms with E-state index in [1.807, 2.05) is 0 Å². The lowest BCUT2D eigenvalue weighted by atomic mass is 9.93. The zero-order valence-electron chi connectivity index (χ0n) is 9.26. The van der Waals surface area contributed by atoms with Gasteiger partial charge in [-0.05, 0) is 37.9 Å². The Hall–Kier alpha value is -0.110. The van der Waals surface area contributed by atoms with Crippen LogP contribution in [0, 0.1) is 0 Å². The van der Waals surface area contributed by atoms with Gasteiger partial charge in [-0.3, -0.25) is 0 Å². The van der Waals surface area contributed by atoms with Crippen molar-refractivity contribution in [2.75, 3.05) is 12.4 Å². The first-order valence-corrected chi connectivity index (χ1v) is 6.68. The molecule has 0 spiro atoms. The molecular weight excluding hydrogens is 192 g/mol. The van der Waals surface area contributed by atoms with Gasteiger partial charge in [-0.1, -0.05) is 19.9 Å². The smallest absolute Gasteiger partial charge is 0.0873 e. The van der Waals surface area contributed by atoms with Gasteiger partial charge in [0.2, 0.25) is 0 Å². The molecule has 14 heavy (non-hydrogen) atoms. The van der Waals surface area contributed by atoms with Crippen LogP contribution in [0.1, 0.15) is 45.4 Å². The van der Waals surface area contributed by atoms with E-state index in [-0.39, 0.29) is 0 Å². The van der Waals surface area contributed by atoms with Crippen LogP contribution < -0.4 is 0 Å². The van der Waals surface area contributed by atoms with Crippen LogP contribution in [-0.2, 0) is 4.74 Å². The van der Waals surface area contributed by atoms with Gasteiger partial charge < -0.3 is 4.74 Å². The van der Waals surface area contributed by atoms with Crippen LogP contribution >= 0.6 is 11.8 Å². The molecule has 0 saturated carbocycles. The molecule has 1 nitrogen and oxygen atoms in total. The van der Waals surface area contributed by atoms with Gasteiger partial charge >= 0.3 is 0 Å². The molecule has 0 amide bonds. The fourth-order valence-corrected chi connectivity index (χ4v) is 3.69. The summed E-state index contributed by atoms with van der Waals surface area (Å²) in [7, 11) is 0. The van der Waals surface area contributed by atoms with E-state index in [1.165, 1.54) is 44.3 Å². The number of thioether (sulfide) groups is 1. The van der Waals surface area contributed by atoms with E-state index in [0.717, 1.165) is 6.61 Å². The van der Waals surface area contributed by atoms with Crippen molar-refractivity contribution in [3.8, 4) is 0 Å². The van der Waals surface area contributed by atoms with Gasteiger partial charge in [-0.15, -0.1) is 0 Å². The van der Waals surface area contributed by atoms with Crippen molar-refractivity contribution in [1.29, 1.82) is 0 Å². The lowest BCUT2D eigenvalue weighted by Crippen LogP contribution is -2.27. The molecule has 1 atom stereocenters. The predicted molar refractivity (Wildman–Crippen MR) is 64.7 cm³/mol. The largest absolute Gasteiger partial charge is 0.502 e. The maximum atomic E-state index is 5.17. The Kier molecular flexibility index (Phi) is 5.46. The molecule has 1 aliphatic rings. The van der Waals surface area contributed by atoms with E-state index in [0.29, 0.717) is 4.75 Å². The standard InChI is InChI=1S/C12H22OS/c1-3-12(8-5-6-11-14-12)9-7-10-13-4-2/h4H,2-3,5-11H2,1H3. The molecule has 82 valence electrons. The lowest BCUT2D eigenvalue weighted by Gasteiger charge is -2.36. The van der Waals surface area contributed by atoms with Crippen LogP contribution in [0.3, 0.4) is 0 Å². The molecule has 1 unspecified atom stereocenters. The molecule has 1 fully saturated rings. The predicted octanol–water partition coefficient (Wildman–Crippen LogP) is 3.99. The second-order valence-electron chi connectivity index (χ2n) is 3.98. The van der Waals surface area contributed by atoms with Gasteiger partial charge in [0.25, 0.3) is 0 Å². The Morgan fingerprint density at radius 1 is 1.50 bits per heavy atom. The third kappa shape index (κ3) is 3.56. The minimum absolute atomic E-state index is 0.572. The first kappa shape index (κ1) is 12.0. The van der Waals surface area contributed by atoms with Crippen LogP contribution in [0.2, 0.25) is 0 Å². The van der Waals surface area contributed by atoms with Crippen LogP contribution in [0.5, 0.6) is 0 Å². The Morgan fingerprint density at radius 2 is 2.36 bits per heavy atom. The SMILES string of the molecule is C=COCCCC1(CC)CCCCS1. The van der Waals surface area contributed by atoms with Gasteiger partial charge in [0.1, 0.15) is 0 Å². The Morgan fingerprint density at radius 3 is 2.93 bits per heavy atom. The summed E-state index contributed by atoms with van der Waals surface area (Å²) in [5, 5.41) is 0. The van der Waals surface area contributed by atoms with E-state index in [4.69, 9.17) is 4.74 Å². The quantitative estimate of drug-likeness (QED) is 0.488. The highest BCUT2D eigenvalue weighted by molar-refractivity contribution is 8.00. The Bertz CT molecular complexity index is 162. The third-order valence-electron chi connectivity index (χ3n) is 3.09. The van der Waals surface area contributed by atoms with Gasteiger partial charge in [0, 0.05) is 4.75 Å². The maximum absolute atomic E-state index is 5.17. The van der Waals surface area contributed by atoms with E-state index in [9.17, 15) is 0 Å². The topological polar surface area (TPSA) is 9.23 Å². The van der Waals surface area contributed by atoms with Crippen molar-refractivity contribution < 1.29 is 4.74 Å². The van der Waals surface area contributed by atoms with Crippen molar-refractivity contribution in [3.63, 3.8) is 0 Å². The molecule has 2 heteroatoms. The summed E-state index contributed by atoms with van der Waals surface area (Å²) < 4.78 is 5.74. The van der Waals surface area contributed by atoms with Gasteiger partial charge in [-0.25, -0.2) is 0 Å². The first-order chi connectivity index (χ1) is 6.83. The van der Waals surface area contributed by atoms with Crippen molar-refractivity contribution in [3.05, 3.63) is 12.8 Å². The molecule has 0 N–H and O–H groups in total. The summed E-state index contributed by atoms with van der Waals surface area (Å²) in [5.41, 5.74) is 0. The van der Waals surface area contributed by atoms with E-state index in [1.54, 1.807) is 6.26 Å². The van der Waals surface area contributed by atoms with Crippen LogP contribution in [0.25, 0.3) is 0 Å². The zero-order valence-corrected chi connectivity index (χ0v) is 10.1. The second kappa shape index (κ2) is 6.39. The zero-order chi connectivity index (χ0) is 10.3.